The second-order valence-corrected chi connectivity index (χ2v) is 17.6. The Morgan fingerprint density at radius 2 is 0.935 bits per heavy atom. The van der Waals surface area contributed by atoms with Crippen molar-refractivity contribution in [2.45, 2.75) is 33.1 Å². The summed E-state index contributed by atoms with van der Waals surface area (Å²) in [5.41, 5.74) is 21.4. The standard InChI is InChI=1S/C59H44N2O/c1-37-13-22-43(23-14-37)60(44-24-16-39(17-25-44)41-20-30-48-47-29-15-38(2)33-53(47)59(3,4)54(48)34-41)45-26-18-40(19-27-45)42-21-31-50-49-9-5-7-11-55(49)61(56(50)35-42)46-28-32-58-52(36-46)51-10-6-8-12-57(51)62-58/h5-36H,1-4H3. The molecule has 11 aromatic rings. The minimum absolute atomic E-state index is 0.0452. The predicted octanol–water partition coefficient (Wildman–Crippen LogP) is 16.4. The van der Waals surface area contributed by atoms with Crippen molar-refractivity contribution in [2.24, 2.45) is 0 Å². The van der Waals surface area contributed by atoms with Crippen molar-refractivity contribution in [3.05, 3.63) is 216 Å². The maximum absolute atomic E-state index is 6.21. The van der Waals surface area contributed by atoms with E-state index in [1.807, 2.05) is 12.1 Å². The van der Waals surface area contributed by atoms with Gasteiger partial charge in [-0.25, -0.2) is 0 Å². The largest absolute Gasteiger partial charge is 0.456 e. The van der Waals surface area contributed by atoms with Crippen LogP contribution >= 0.6 is 0 Å². The molecule has 0 aliphatic heterocycles. The van der Waals surface area contributed by atoms with Crippen molar-refractivity contribution in [1.29, 1.82) is 0 Å². The van der Waals surface area contributed by atoms with Crippen LogP contribution in [0.25, 0.3) is 82.8 Å². The lowest BCUT2D eigenvalue weighted by Crippen LogP contribution is -2.15. The molecule has 0 amide bonds. The van der Waals surface area contributed by atoms with Crippen LogP contribution in [0.3, 0.4) is 0 Å². The molecule has 0 atom stereocenters. The highest BCUT2D eigenvalue weighted by molar-refractivity contribution is 6.11. The molecule has 0 spiro atoms. The van der Waals surface area contributed by atoms with Gasteiger partial charge in [-0.15, -0.1) is 0 Å². The zero-order valence-electron chi connectivity index (χ0n) is 35.3. The molecule has 0 unspecified atom stereocenters. The highest BCUT2D eigenvalue weighted by Crippen LogP contribution is 2.50. The molecule has 3 heteroatoms. The van der Waals surface area contributed by atoms with Crippen LogP contribution in [0.1, 0.15) is 36.1 Å². The first kappa shape index (κ1) is 36.2. The second-order valence-electron chi connectivity index (χ2n) is 17.6. The van der Waals surface area contributed by atoms with Crippen LogP contribution in [0.2, 0.25) is 0 Å². The zero-order chi connectivity index (χ0) is 41.7. The Labute approximate surface area is 361 Å². The van der Waals surface area contributed by atoms with Crippen LogP contribution in [0.5, 0.6) is 0 Å². The quantitative estimate of drug-likeness (QED) is 0.167. The SMILES string of the molecule is Cc1ccc(N(c2ccc(-c3ccc4c(c3)C(C)(C)c3cc(C)ccc3-4)cc2)c2ccc(-c3ccc4c5ccccc5n(-c5ccc6oc7ccccc7c6c5)c4c3)cc2)cc1. The normalized spacial score (nSPS) is 13.0. The van der Waals surface area contributed by atoms with Crippen molar-refractivity contribution in [2.75, 3.05) is 4.90 Å². The summed E-state index contributed by atoms with van der Waals surface area (Å²) in [6, 6.07) is 71.2. The van der Waals surface area contributed by atoms with E-state index in [4.69, 9.17) is 4.42 Å². The van der Waals surface area contributed by atoms with E-state index < -0.39 is 0 Å². The number of aromatic nitrogens is 1. The molecule has 3 nitrogen and oxygen atoms in total. The van der Waals surface area contributed by atoms with Gasteiger partial charge in [0.15, 0.2) is 0 Å². The van der Waals surface area contributed by atoms with Crippen molar-refractivity contribution >= 4 is 60.8 Å². The molecule has 2 heterocycles. The number of anilines is 3. The van der Waals surface area contributed by atoms with Gasteiger partial charge in [0.25, 0.3) is 0 Å². The first-order valence-corrected chi connectivity index (χ1v) is 21.6. The Balaban J connectivity index is 0.906. The van der Waals surface area contributed by atoms with E-state index in [1.165, 1.54) is 77.4 Å². The fourth-order valence-corrected chi connectivity index (χ4v) is 10.1. The first-order chi connectivity index (χ1) is 30.3. The number of benzene rings is 9. The van der Waals surface area contributed by atoms with Gasteiger partial charge in [-0.3, -0.25) is 0 Å². The summed E-state index contributed by atoms with van der Waals surface area (Å²) in [7, 11) is 0. The number of furan rings is 1. The molecular weight excluding hydrogens is 753 g/mol. The van der Waals surface area contributed by atoms with E-state index in [-0.39, 0.29) is 5.41 Å². The van der Waals surface area contributed by atoms with Gasteiger partial charge in [0.05, 0.1) is 11.0 Å². The van der Waals surface area contributed by atoms with Gasteiger partial charge < -0.3 is 13.9 Å². The molecule has 0 bridgehead atoms. The summed E-state index contributed by atoms with van der Waals surface area (Å²) in [6.07, 6.45) is 0. The third kappa shape index (κ3) is 5.65. The highest BCUT2D eigenvalue weighted by Gasteiger charge is 2.35. The number of para-hydroxylation sites is 2. The number of nitrogens with zero attached hydrogens (tertiary/aromatic N) is 2. The van der Waals surface area contributed by atoms with Crippen molar-refractivity contribution < 1.29 is 4.42 Å². The van der Waals surface area contributed by atoms with Crippen molar-refractivity contribution in [1.82, 2.24) is 4.57 Å². The Bertz CT molecular complexity index is 3550. The summed E-state index contributed by atoms with van der Waals surface area (Å²) < 4.78 is 8.61. The van der Waals surface area contributed by atoms with Gasteiger partial charge in [0.1, 0.15) is 11.2 Å². The molecule has 12 rings (SSSR count). The van der Waals surface area contributed by atoms with Crippen LogP contribution in [0.15, 0.2) is 199 Å². The van der Waals surface area contributed by atoms with Gasteiger partial charge in [-0.1, -0.05) is 140 Å². The molecular formula is C59H44N2O. The van der Waals surface area contributed by atoms with Gasteiger partial charge >= 0.3 is 0 Å². The lowest BCUT2D eigenvalue weighted by atomic mass is 9.81. The van der Waals surface area contributed by atoms with Crippen molar-refractivity contribution in [3.8, 4) is 39.1 Å². The molecule has 62 heavy (non-hydrogen) atoms. The van der Waals surface area contributed by atoms with E-state index in [9.17, 15) is 0 Å². The van der Waals surface area contributed by atoms with Crippen LogP contribution in [0.4, 0.5) is 17.1 Å². The number of fused-ring (bicyclic) bond motifs is 9. The Morgan fingerprint density at radius 3 is 1.66 bits per heavy atom. The van der Waals surface area contributed by atoms with Crippen LogP contribution in [-0.2, 0) is 5.41 Å². The summed E-state index contributed by atoms with van der Waals surface area (Å²) in [5.74, 6) is 0. The minimum Gasteiger partial charge on any atom is -0.456 e. The molecule has 0 radical (unpaired) electrons. The molecule has 2 aromatic heterocycles. The lowest BCUT2D eigenvalue weighted by Gasteiger charge is -2.26. The van der Waals surface area contributed by atoms with Gasteiger partial charge in [0.2, 0.25) is 0 Å². The van der Waals surface area contributed by atoms with Gasteiger partial charge in [-0.2, -0.15) is 0 Å². The third-order valence-electron chi connectivity index (χ3n) is 13.3. The van der Waals surface area contributed by atoms with Gasteiger partial charge in [-0.05, 0) is 137 Å². The number of hydrogen-bond acceptors (Lipinski definition) is 2. The average molecular weight is 797 g/mol. The van der Waals surface area contributed by atoms with E-state index in [2.05, 4.69) is 219 Å². The molecule has 1 aliphatic rings. The van der Waals surface area contributed by atoms with Crippen LogP contribution < -0.4 is 4.90 Å². The molecule has 1 aliphatic carbocycles. The molecule has 0 N–H and O–H groups in total. The Hall–Kier alpha value is -7.62. The lowest BCUT2D eigenvalue weighted by molar-refractivity contribution is 0.660. The molecule has 9 aromatic carbocycles. The van der Waals surface area contributed by atoms with Crippen LogP contribution in [-0.4, -0.2) is 4.57 Å². The molecule has 0 saturated carbocycles. The zero-order valence-corrected chi connectivity index (χ0v) is 35.3. The maximum atomic E-state index is 6.21. The van der Waals surface area contributed by atoms with E-state index in [1.54, 1.807) is 0 Å². The van der Waals surface area contributed by atoms with E-state index >= 15 is 0 Å². The fourth-order valence-electron chi connectivity index (χ4n) is 10.1. The average Bonchev–Trinajstić information content (AvgIpc) is 3.92. The maximum Gasteiger partial charge on any atom is 0.135 e. The molecule has 296 valence electrons. The van der Waals surface area contributed by atoms with E-state index in [0.29, 0.717) is 0 Å². The highest BCUT2D eigenvalue weighted by atomic mass is 16.3. The summed E-state index contributed by atoms with van der Waals surface area (Å²) >= 11 is 0. The second kappa shape index (κ2) is 13.7. The van der Waals surface area contributed by atoms with Gasteiger partial charge in [0, 0.05) is 49.7 Å². The number of aryl methyl sites for hydroxylation is 2. The molecule has 0 saturated heterocycles. The predicted molar refractivity (Wildman–Crippen MR) is 261 cm³/mol. The minimum atomic E-state index is -0.0452. The fraction of sp³-hybridized carbons (Fsp3) is 0.0847. The van der Waals surface area contributed by atoms with Crippen molar-refractivity contribution in [3.63, 3.8) is 0 Å². The molecule has 0 fully saturated rings. The monoisotopic (exact) mass is 796 g/mol. The Kier molecular flexibility index (Phi) is 8.01. The summed E-state index contributed by atoms with van der Waals surface area (Å²) in [6.45, 7) is 9.05. The summed E-state index contributed by atoms with van der Waals surface area (Å²) in [4.78, 5) is 2.36. The van der Waals surface area contributed by atoms with E-state index in [0.717, 1.165) is 44.7 Å². The number of rotatable bonds is 6. The van der Waals surface area contributed by atoms with Crippen LogP contribution in [0, 0.1) is 13.8 Å². The Morgan fingerprint density at radius 1 is 0.403 bits per heavy atom. The topological polar surface area (TPSA) is 21.3 Å². The smallest absolute Gasteiger partial charge is 0.135 e. The first-order valence-electron chi connectivity index (χ1n) is 21.6. The summed E-state index contributed by atoms with van der Waals surface area (Å²) in [5, 5.41) is 4.72. The third-order valence-corrected chi connectivity index (χ3v) is 13.3. The number of hydrogen-bond donors (Lipinski definition) is 0.